The van der Waals surface area contributed by atoms with Crippen molar-refractivity contribution in [2.45, 2.75) is 26.8 Å². The van der Waals surface area contributed by atoms with Gasteiger partial charge in [-0.1, -0.05) is 12.1 Å². The molecule has 0 aliphatic carbocycles. The van der Waals surface area contributed by atoms with Crippen LogP contribution in [-0.2, 0) is 6.54 Å². The fraction of sp³-hybridized carbons (Fsp3) is 0.375. The SMILES string of the molecule is Cc1ccc(C)c(OCCCNCc2ccco2)c1. The quantitative estimate of drug-likeness (QED) is 0.773. The average molecular weight is 259 g/mol. The highest BCUT2D eigenvalue weighted by atomic mass is 16.5. The van der Waals surface area contributed by atoms with Crippen LogP contribution in [-0.4, -0.2) is 13.2 Å². The van der Waals surface area contributed by atoms with Crippen molar-refractivity contribution >= 4 is 0 Å². The largest absolute Gasteiger partial charge is 0.493 e. The van der Waals surface area contributed by atoms with E-state index in [1.165, 1.54) is 11.1 Å². The second kappa shape index (κ2) is 7.00. The molecule has 1 aromatic carbocycles. The molecule has 2 aromatic rings. The molecule has 1 aromatic heterocycles. The summed E-state index contributed by atoms with van der Waals surface area (Å²) in [6, 6.07) is 10.2. The minimum Gasteiger partial charge on any atom is -0.493 e. The molecule has 0 saturated carbocycles. The van der Waals surface area contributed by atoms with Crippen molar-refractivity contribution in [1.82, 2.24) is 5.32 Å². The monoisotopic (exact) mass is 259 g/mol. The van der Waals surface area contributed by atoms with Gasteiger partial charge in [-0.15, -0.1) is 0 Å². The molecular weight excluding hydrogens is 238 g/mol. The van der Waals surface area contributed by atoms with Crippen molar-refractivity contribution in [3.63, 3.8) is 0 Å². The van der Waals surface area contributed by atoms with Gasteiger partial charge in [0.1, 0.15) is 11.5 Å². The lowest BCUT2D eigenvalue weighted by atomic mass is 10.1. The first-order chi connectivity index (χ1) is 9.25. The molecule has 3 nitrogen and oxygen atoms in total. The molecule has 0 spiro atoms. The summed E-state index contributed by atoms with van der Waals surface area (Å²) in [6.45, 7) is 6.58. The van der Waals surface area contributed by atoms with Crippen LogP contribution in [0.1, 0.15) is 23.3 Å². The Morgan fingerprint density at radius 2 is 2.11 bits per heavy atom. The molecule has 0 radical (unpaired) electrons. The molecule has 0 atom stereocenters. The molecule has 0 amide bonds. The Morgan fingerprint density at radius 1 is 1.21 bits per heavy atom. The minimum absolute atomic E-state index is 0.732. The van der Waals surface area contributed by atoms with Crippen LogP contribution in [0.15, 0.2) is 41.0 Å². The Labute approximate surface area is 114 Å². The van der Waals surface area contributed by atoms with Crippen molar-refractivity contribution in [2.24, 2.45) is 0 Å². The summed E-state index contributed by atoms with van der Waals surface area (Å²) in [4.78, 5) is 0. The Bertz CT molecular complexity index is 491. The third kappa shape index (κ3) is 4.45. The van der Waals surface area contributed by atoms with E-state index in [0.29, 0.717) is 0 Å². The van der Waals surface area contributed by atoms with Crippen molar-refractivity contribution in [3.05, 3.63) is 53.5 Å². The number of benzene rings is 1. The molecule has 0 saturated heterocycles. The van der Waals surface area contributed by atoms with Gasteiger partial charge in [-0.3, -0.25) is 0 Å². The van der Waals surface area contributed by atoms with E-state index in [-0.39, 0.29) is 0 Å². The van der Waals surface area contributed by atoms with Crippen molar-refractivity contribution in [3.8, 4) is 5.75 Å². The van der Waals surface area contributed by atoms with Crippen molar-refractivity contribution < 1.29 is 9.15 Å². The fourth-order valence-electron chi connectivity index (χ4n) is 1.87. The van der Waals surface area contributed by atoms with Crippen molar-refractivity contribution in [1.29, 1.82) is 0 Å². The summed E-state index contributed by atoms with van der Waals surface area (Å²) >= 11 is 0. The predicted molar refractivity (Wildman–Crippen MR) is 76.4 cm³/mol. The third-order valence-electron chi connectivity index (χ3n) is 2.98. The van der Waals surface area contributed by atoms with Crippen LogP contribution in [0, 0.1) is 13.8 Å². The van der Waals surface area contributed by atoms with Gasteiger partial charge >= 0.3 is 0 Å². The molecular formula is C16H21NO2. The van der Waals surface area contributed by atoms with Gasteiger partial charge in [-0.05, 0) is 56.1 Å². The molecule has 19 heavy (non-hydrogen) atoms. The minimum atomic E-state index is 0.732. The highest BCUT2D eigenvalue weighted by Gasteiger charge is 1.99. The molecule has 0 unspecified atom stereocenters. The van der Waals surface area contributed by atoms with E-state index < -0.39 is 0 Å². The summed E-state index contributed by atoms with van der Waals surface area (Å²) < 4.78 is 11.0. The number of rotatable bonds is 7. The molecule has 102 valence electrons. The van der Waals surface area contributed by atoms with E-state index in [4.69, 9.17) is 9.15 Å². The van der Waals surface area contributed by atoms with Gasteiger partial charge in [-0.25, -0.2) is 0 Å². The lowest BCUT2D eigenvalue weighted by Gasteiger charge is -2.10. The zero-order chi connectivity index (χ0) is 13.5. The predicted octanol–water partition coefficient (Wildman–Crippen LogP) is 3.46. The van der Waals surface area contributed by atoms with Crippen LogP contribution in [0.25, 0.3) is 0 Å². The van der Waals surface area contributed by atoms with Gasteiger partial charge in [0.05, 0.1) is 19.4 Å². The second-order valence-corrected chi connectivity index (χ2v) is 4.73. The van der Waals surface area contributed by atoms with Crippen LogP contribution in [0.4, 0.5) is 0 Å². The van der Waals surface area contributed by atoms with Crippen LogP contribution in [0.3, 0.4) is 0 Å². The highest BCUT2D eigenvalue weighted by Crippen LogP contribution is 2.18. The number of hydrogen-bond donors (Lipinski definition) is 1. The average Bonchev–Trinajstić information content (AvgIpc) is 2.90. The molecule has 0 aliphatic rings. The molecule has 0 bridgehead atoms. The van der Waals surface area contributed by atoms with Gasteiger partial charge in [-0.2, -0.15) is 0 Å². The summed E-state index contributed by atoms with van der Waals surface area (Å²) in [6.07, 6.45) is 2.68. The van der Waals surface area contributed by atoms with Crippen molar-refractivity contribution in [2.75, 3.05) is 13.2 Å². The molecule has 0 fully saturated rings. The third-order valence-corrected chi connectivity index (χ3v) is 2.98. The van der Waals surface area contributed by atoms with Gasteiger partial charge in [0.2, 0.25) is 0 Å². The number of hydrogen-bond acceptors (Lipinski definition) is 3. The van der Waals surface area contributed by atoms with Gasteiger partial charge < -0.3 is 14.5 Å². The number of ether oxygens (including phenoxy) is 1. The van der Waals surface area contributed by atoms with Gasteiger partial charge in [0, 0.05) is 0 Å². The Balaban J connectivity index is 1.62. The maximum atomic E-state index is 5.79. The topological polar surface area (TPSA) is 34.4 Å². The number of aryl methyl sites for hydroxylation is 2. The van der Waals surface area contributed by atoms with E-state index in [2.05, 4.69) is 37.4 Å². The molecule has 1 N–H and O–H groups in total. The lowest BCUT2D eigenvalue weighted by molar-refractivity contribution is 0.305. The molecule has 0 aliphatic heterocycles. The Hall–Kier alpha value is -1.74. The van der Waals surface area contributed by atoms with Crippen LogP contribution in [0.2, 0.25) is 0 Å². The van der Waals surface area contributed by atoms with Crippen LogP contribution >= 0.6 is 0 Å². The van der Waals surface area contributed by atoms with E-state index in [1.54, 1.807) is 6.26 Å². The summed E-state index contributed by atoms with van der Waals surface area (Å²) in [7, 11) is 0. The Morgan fingerprint density at radius 3 is 2.89 bits per heavy atom. The maximum Gasteiger partial charge on any atom is 0.122 e. The maximum absolute atomic E-state index is 5.79. The first kappa shape index (κ1) is 13.7. The lowest BCUT2D eigenvalue weighted by Crippen LogP contribution is -2.16. The zero-order valence-electron chi connectivity index (χ0n) is 11.6. The van der Waals surface area contributed by atoms with Gasteiger partial charge in [0.15, 0.2) is 0 Å². The second-order valence-electron chi connectivity index (χ2n) is 4.73. The number of furan rings is 1. The summed E-state index contributed by atoms with van der Waals surface area (Å²) in [5.74, 6) is 1.96. The highest BCUT2D eigenvalue weighted by molar-refractivity contribution is 5.35. The summed E-state index contributed by atoms with van der Waals surface area (Å²) in [5.41, 5.74) is 2.42. The summed E-state index contributed by atoms with van der Waals surface area (Å²) in [5, 5.41) is 3.33. The van der Waals surface area contributed by atoms with E-state index >= 15 is 0 Å². The van der Waals surface area contributed by atoms with Gasteiger partial charge in [0.25, 0.3) is 0 Å². The Kier molecular flexibility index (Phi) is 5.04. The molecule has 2 rings (SSSR count). The first-order valence-electron chi connectivity index (χ1n) is 6.69. The van der Waals surface area contributed by atoms with E-state index in [1.807, 2.05) is 12.1 Å². The standard InChI is InChI=1S/C16H21NO2/c1-13-6-7-14(2)16(11-13)19-10-4-8-17-12-15-5-3-9-18-15/h3,5-7,9,11,17H,4,8,10,12H2,1-2H3. The first-order valence-corrected chi connectivity index (χ1v) is 6.69. The fourth-order valence-corrected chi connectivity index (χ4v) is 1.87. The van der Waals surface area contributed by atoms with E-state index in [9.17, 15) is 0 Å². The van der Waals surface area contributed by atoms with E-state index in [0.717, 1.165) is 37.6 Å². The smallest absolute Gasteiger partial charge is 0.122 e. The van der Waals surface area contributed by atoms with Crippen LogP contribution in [0.5, 0.6) is 5.75 Å². The normalized spacial score (nSPS) is 10.6. The zero-order valence-corrected chi connectivity index (χ0v) is 11.6. The number of nitrogens with one attached hydrogen (secondary N) is 1. The van der Waals surface area contributed by atoms with Crippen LogP contribution < -0.4 is 10.1 Å². The molecule has 3 heteroatoms. The molecule has 1 heterocycles.